The Morgan fingerprint density at radius 3 is 2.59 bits per heavy atom. The van der Waals surface area contributed by atoms with Gasteiger partial charge >= 0.3 is 6.09 Å². The summed E-state index contributed by atoms with van der Waals surface area (Å²) in [4.78, 5) is 25.7. The fourth-order valence-electron chi connectivity index (χ4n) is 2.43. The van der Waals surface area contributed by atoms with Gasteiger partial charge in [-0.15, -0.1) is 10.2 Å². The molecule has 8 nitrogen and oxygen atoms in total. The molecule has 1 aromatic heterocycles. The highest BCUT2D eigenvalue weighted by Crippen LogP contribution is 2.25. The van der Waals surface area contributed by atoms with Gasteiger partial charge in [-0.1, -0.05) is 12.1 Å². The molecule has 0 aliphatic rings. The lowest BCUT2D eigenvalue weighted by molar-refractivity contribution is -0.116. The quantitative estimate of drug-likeness (QED) is 0.840. The number of nitrogens with zero attached hydrogens (tertiary/aromatic N) is 4. The summed E-state index contributed by atoms with van der Waals surface area (Å²) in [6, 6.07) is 7.45. The van der Waals surface area contributed by atoms with Crippen molar-refractivity contribution >= 4 is 17.7 Å². The number of ether oxygens (including phenoxy) is 1. The van der Waals surface area contributed by atoms with E-state index in [1.54, 1.807) is 17.9 Å². The van der Waals surface area contributed by atoms with E-state index in [9.17, 15) is 9.59 Å². The molecule has 0 aliphatic carbocycles. The monoisotopic (exact) mass is 373 g/mol. The van der Waals surface area contributed by atoms with Gasteiger partial charge in [0.25, 0.3) is 0 Å². The fourth-order valence-corrected chi connectivity index (χ4v) is 2.43. The van der Waals surface area contributed by atoms with E-state index in [-0.39, 0.29) is 5.91 Å². The maximum Gasteiger partial charge on any atom is 0.410 e. The zero-order chi connectivity index (χ0) is 20.0. The van der Waals surface area contributed by atoms with E-state index < -0.39 is 11.7 Å². The van der Waals surface area contributed by atoms with Crippen molar-refractivity contribution in [3.63, 3.8) is 0 Å². The Kier molecular flexibility index (Phi) is 6.55. The van der Waals surface area contributed by atoms with Gasteiger partial charge in [0.15, 0.2) is 5.82 Å². The first-order valence-corrected chi connectivity index (χ1v) is 8.85. The molecular formula is C19H27N5O3. The second-order valence-electron chi connectivity index (χ2n) is 7.36. The van der Waals surface area contributed by atoms with Crippen LogP contribution in [0.2, 0.25) is 0 Å². The number of aryl methyl sites for hydroxylation is 1. The second-order valence-corrected chi connectivity index (χ2v) is 7.36. The summed E-state index contributed by atoms with van der Waals surface area (Å²) in [6.45, 7) is 5.90. The first kappa shape index (κ1) is 20.4. The molecule has 1 aromatic carbocycles. The minimum atomic E-state index is -0.535. The van der Waals surface area contributed by atoms with Crippen molar-refractivity contribution in [3.8, 4) is 11.4 Å². The van der Waals surface area contributed by atoms with E-state index in [1.807, 2.05) is 52.1 Å². The number of hydrogen-bond acceptors (Lipinski definition) is 5. The average molecular weight is 373 g/mol. The largest absolute Gasteiger partial charge is 0.444 e. The van der Waals surface area contributed by atoms with E-state index in [2.05, 4.69) is 15.5 Å². The standard InChI is InChI=1S/C19H27N5O3/c1-19(2,3)27-18(26)23(4)12-8-11-16(25)21-15-10-7-6-9-14(15)17-22-20-13-24(17)5/h6-7,9-10,13H,8,11-12H2,1-5H3,(H,21,25). The van der Waals surface area contributed by atoms with Crippen molar-refractivity contribution in [2.75, 3.05) is 18.9 Å². The summed E-state index contributed by atoms with van der Waals surface area (Å²) in [5.74, 6) is 0.553. The molecule has 0 bridgehead atoms. The van der Waals surface area contributed by atoms with Crippen LogP contribution in [0.3, 0.4) is 0 Å². The number of aromatic nitrogens is 3. The SMILES string of the molecule is CN(CCCC(=O)Nc1ccccc1-c1nncn1C)C(=O)OC(C)(C)C. The van der Waals surface area contributed by atoms with Crippen LogP contribution in [0.5, 0.6) is 0 Å². The molecule has 0 saturated heterocycles. The van der Waals surface area contributed by atoms with E-state index in [1.165, 1.54) is 4.90 Å². The number of amides is 2. The zero-order valence-corrected chi connectivity index (χ0v) is 16.5. The smallest absolute Gasteiger partial charge is 0.410 e. The molecule has 0 spiro atoms. The number of carbonyl (C=O) groups excluding carboxylic acids is 2. The molecule has 0 unspecified atom stereocenters. The number of nitrogens with one attached hydrogen (secondary N) is 1. The number of benzene rings is 1. The Bertz CT molecular complexity index is 795. The first-order chi connectivity index (χ1) is 12.7. The molecular weight excluding hydrogens is 346 g/mol. The number of anilines is 1. The number of rotatable bonds is 6. The molecule has 0 aliphatic heterocycles. The minimum absolute atomic E-state index is 0.123. The van der Waals surface area contributed by atoms with E-state index in [4.69, 9.17) is 4.74 Å². The minimum Gasteiger partial charge on any atom is -0.444 e. The van der Waals surface area contributed by atoms with Crippen molar-refractivity contribution in [2.45, 2.75) is 39.2 Å². The normalized spacial score (nSPS) is 11.1. The number of para-hydroxylation sites is 1. The molecule has 2 amide bonds. The summed E-state index contributed by atoms with van der Waals surface area (Å²) in [7, 11) is 3.51. The third-order valence-corrected chi connectivity index (χ3v) is 3.76. The summed E-state index contributed by atoms with van der Waals surface area (Å²) >= 11 is 0. The van der Waals surface area contributed by atoms with Gasteiger partial charge in [0.1, 0.15) is 11.9 Å². The van der Waals surface area contributed by atoms with Gasteiger partial charge in [-0.25, -0.2) is 4.79 Å². The Hall–Kier alpha value is -2.90. The van der Waals surface area contributed by atoms with Gasteiger partial charge in [0, 0.05) is 32.6 Å². The van der Waals surface area contributed by atoms with E-state index >= 15 is 0 Å². The highest BCUT2D eigenvalue weighted by molar-refractivity contribution is 5.94. The van der Waals surface area contributed by atoms with Gasteiger partial charge in [0.05, 0.1) is 5.69 Å². The van der Waals surface area contributed by atoms with Crippen LogP contribution >= 0.6 is 0 Å². The molecule has 0 radical (unpaired) electrons. The van der Waals surface area contributed by atoms with Crippen LogP contribution in [0, 0.1) is 0 Å². The molecule has 146 valence electrons. The second kappa shape index (κ2) is 8.66. The molecule has 27 heavy (non-hydrogen) atoms. The third-order valence-electron chi connectivity index (χ3n) is 3.76. The Morgan fingerprint density at radius 2 is 1.96 bits per heavy atom. The van der Waals surface area contributed by atoms with E-state index in [0.29, 0.717) is 30.9 Å². The molecule has 1 N–H and O–H groups in total. The van der Waals surface area contributed by atoms with Gasteiger partial charge in [-0.05, 0) is 39.3 Å². The van der Waals surface area contributed by atoms with Gasteiger partial charge in [0.2, 0.25) is 5.91 Å². The third kappa shape index (κ3) is 6.09. The molecule has 2 aromatic rings. The van der Waals surface area contributed by atoms with Crippen molar-refractivity contribution in [1.82, 2.24) is 19.7 Å². The van der Waals surface area contributed by atoms with Crippen molar-refractivity contribution in [3.05, 3.63) is 30.6 Å². The zero-order valence-electron chi connectivity index (χ0n) is 16.5. The van der Waals surface area contributed by atoms with Crippen molar-refractivity contribution in [1.29, 1.82) is 0 Å². The Morgan fingerprint density at radius 1 is 1.26 bits per heavy atom. The van der Waals surface area contributed by atoms with Crippen LogP contribution in [0.1, 0.15) is 33.6 Å². The van der Waals surface area contributed by atoms with Crippen molar-refractivity contribution in [2.24, 2.45) is 7.05 Å². The van der Waals surface area contributed by atoms with Crippen LogP contribution in [0.4, 0.5) is 10.5 Å². The molecule has 0 fully saturated rings. The highest BCUT2D eigenvalue weighted by atomic mass is 16.6. The summed E-state index contributed by atoms with van der Waals surface area (Å²) in [5.41, 5.74) is 0.947. The molecule has 8 heteroatoms. The predicted molar refractivity (Wildman–Crippen MR) is 103 cm³/mol. The van der Waals surface area contributed by atoms with Gasteiger partial charge < -0.3 is 19.5 Å². The van der Waals surface area contributed by atoms with Crippen molar-refractivity contribution < 1.29 is 14.3 Å². The predicted octanol–water partition coefficient (Wildman–Crippen LogP) is 3.07. The molecule has 2 rings (SSSR count). The van der Waals surface area contributed by atoms with Gasteiger partial charge in [-0.3, -0.25) is 4.79 Å². The average Bonchev–Trinajstić information content (AvgIpc) is 2.99. The lowest BCUT2D eigenvalue weighted by Crippen LogP contribution is -2.35. The van der Waals surface area contributed by atoms with Crippen LogP contribution in [-0.4, -0.2) is 50.9 Å². The van der Waals surface area contributed by atoms with Crippen LogP contribution < -0.4 is 5.32 Å². The number of hydrogen-bond donors (Lipinski definition) is 1. The highest BCUT2D eigenvalue weighted by Gasteiger charge is 2.19. The van der Waals surface area contributed by atoms with Crippen LogP contribution in [0.25, 0.3) is 11.4 Å². The lowest BCUT2D eigenvalue weighted by atomic mass is 10.1. The van der Waals surface area contributed by atoms with Gasteiger partial charge in [-0.2, -0.15) is 0 Å². The molecule has 0 atom stereocenters. The first-order valence-electron chi connectivity index (χ1n) is 8.85. The summed E-state index contributed by atoms with van der Waals surface area (Å²) < 4.78 is 7.08. The van der Waals surface area contributed by atoms with Crippen LogP contribution in [0.15, 0.2) is 30.6 Å². The van der Waals surface area contributed by atoms with Crippen LogP contribution in [-0.2, 0) is 16.6 Å². The number of carbonyl (C=O) groups is 2. The summed E-state index contributed by atoms with van der Waals surface area (Å²) in [6.07, 6.45) is 2.05. The fraction of sp³-hybridized carbons (Fsp3) is 0.474. The maximum atomic E-state index is 12.3. The van der Waals surface area contributed by atoms with E-state index in [0.717, 1.165) is 5.56 Å². The summed E-state index contributed by atoms with van der Waals surface area (Å²) in [5, 5.41) is 10.9. The Labute approximate surface area is 159 Å². The topological polar surface area (TPSA) is 89.4 Å². The molecule has 1 heterocycles. The lowest BCUT2D eigenvalue weighted by Gasteiger charge is -2.24. The maximum absolute atomic E-state index is 12.3. The Balaban J connectivity index is 1.89. The molecule has 0 saturated carbocycles.